The fourth-order valence-corrected chi connectivity index (χ4v) is 3.20. The molecule has 1 amide bonds. The number of benzene rings is 2. The predicted octanol–water partition coefficient (Wildman–Crippen LogP) is 6.53. The lowest BCUT2D eigenvalue weighted by Gasteiger charge is -2.09. The number of primary amides is 1. The van der Waals surface area contributed by atoms with E-state index < -0.39 is 5.91 Å². The van der Waals surface area contributed by atoms with Crippen molar-refractivity contribution < 1.29 is 4.79 Å². The SMILES string of the molecule is CC.CCCc1ccc(CC(C)=N/C(C)=C(\C)c2ccc(C(N)=O)c(C)c2)cc1. The van der Waals surface area contributed by atoms with E-state index in [0.29, 0.717) is 5.56 Å². The van der Waals surface area contributed by atoms with Crippen molar-refractivity contribution in [2.75, 3.05) is 0 Å². The minimum Gasteiger partial charge on any atom is -0.366 e. The van der Waals surface area contributed by atoms with E-state index in [-0.39, 0.29) is 0 Å². The number of aryl methyl sites for hydroxylation is 2. The highest BCUT2D eigenvalue weighted by atomic mass is 16.1. The Morgan fingerprint density at radius 2 is 1.55 bits per heavy atom. The number of aliphatic imine (C=N–C) groups is 1. The molecule has 2 aromatic carbocycles. The molecule has 0 fully saturated rings. The molecule has 0 aliphatic heterocycles. The second-order valence-electron chi connectivity index (χ2n) is 7.19. The van der Waals surface area contributed by atoms with Crippen LogP contribution in [0.4, 0.5) is 0 Å². The summed E-state index contributed by atoms with van der Waals surface area (Å²) in [5.41, 5.74) is 13.8. The quantitative estimate of drug-likeness (QED) is 0.535. The van der Waals surface area contributed by atoms with E-state index in [1.807, 2.05) is 39.8 Å². The summed E-state index contributed by atoms with van der Waals surface area (Å²) in [6.07, 6.45) is 3.14. The first-order valence-corrected chi connectivity index (χ1v) is 10.5. The Balaban J connectivity index is 0.00000204. The summed E-state index contributed by atoms with van der Waals surface area (Å²) in [7, 11) is 0. The van der Waals surface area contributed by atoms with Crippen LogP contribution in [0.25, 0.3) is 5.57 Å². The molecule has 0 radical (unpaired) electrons. The molecule has 29 heavy (non-hydrogen) atoms. The zero-order chi connectivity index (χ0) is 22.0. The molecule has 3 heteroatoms. The highest BCUT2D eigenvalue weighted by Crippen LogP contribution is 2.22. The first kappa shape index (κ1) is 24.4. The normalized spacial score (nSPS) is 12.0. The Morgan fingerprint density at radius 3 is 2.07 bits per heavy atom. The molecule has 0 unspecified atom stereocenters. The molecule has 3 nitrogen and oxygen atoms in total. The lowest BCUT2D eigenvalue weighted by atomic mass is 9.99. The van der Waals surface area contributed by atoms with Crippen LogP contribution in [0.5, 0.6) is 0 Å². The van der Waals surface area contributed by atoms with Gasteiger partial charge in [0, 0.05) is 23.4 Å². The molecule has 0 saturated heterocycles. The van der Waals surface area contributed by atoms with Crippen LogP contribution in [0.3, 0.4) is 0 Å². The van der Waals surface area contributed by atoms with Crippen LogP contribution in [0, 0.1) is 6.92 Å². The van der Waals surface area contributed by atoms with E-state index in [1.54, 1.807) is 6.07 Å². The Labute approximate surface area is 176 Å². The third kappa shape index (κ3) is 7.34. The zero-order valence-corrected chi connectivity index (χ0v) is 19.1. The van der Waals surface area contributed by atoms with Crippen LogP contribution in [0.2, 0.25) is 0 Å². The highest BCUT2D eigenvalue weighted by Gasteiger charge is 2.08. The van der Waals surface area contributed by atoms with Gasteiger partial charge in [-0.2, -0.15) is 0 Å². The van der Waals surface area contributed by atoms with E-state index in [2.05, 4.69) is 45.0 Å². The molecule has 0 atom stereocenters. The van der Waals surface area contributed by atoms with Crippen molar-refractivity contribution >= 4 is 17.2 Å². The van der Waals surface area contributed by atoms with Crippen LogP contribution >= 0.6 is 0 Å². The Hall–Kier alpha value is -2.68. The van der Waals surface area contributed by atoms with E-state index in [9.17, 15) is 4.79 Å². The third-order valence-electron chi connectivity index (χ3n) is 4.85. The summed E-state index contributed by atoms with van der Waals surface area (Å²) in [6.45, 7) is 14.3. The Bertz CT molecular complexity index is 874. The molecule has 0 bridgehead atoms. The number of allylic oxidation sites excluding steroid dienone is 2. The second kappa shape index (κ2) is 12.0. The number of rotatable bonds is 7. The van der Waals surface area contributed by atoms with Gasteiger partial charge in [0.2, 0.25) is 5.91 Å². The fraction of sp³-hybridized carbons (Fsp3) is 0.385. The van der Waals surface area contributed by atoms with Crippen LogP contribution in [0.1, 0.15) is 80.6 Å². The molecular formula is C26H36N2O. The maximum Gasteiger partial charge on any atom is 0.248 e. The number of amides is 1. The maximum absolute atomic E-state index is 11.4. The van der Waals surface area contributed by atoms with E-state index >= 15 is 0 Å². The van der Waals surface area contributed by atoms with Gasteiger partial charge in [-0.15, -0.1) is 0 Å². The van der Waals surface area contributed by atoms with Crippen LogP contribution in [-0.4, -0.2) is 11.6 Å². The van der Waals surface area contributed by atoms with Crippen LogP contribution in [0.15, 0.2) is 53.2 Å². The summed E-state index contributed by atoms with van der Waals surface area (Å²) in [5, 5.41) is 0. The standard InChI is InChI=1S/C24H30N2O.C2H6/c1-6-7-20-8-10-21(11-9-20)15-17(3)26-19(5)18(4)22-12-13-23(24(25)27)16(2)14-22;1-2/h8-14H,6-7,15H2,1-5H3,(H2,25,27);1-2H3/b19-18+,26-17?;. The number of hydrogen-bond acceptors (Lipinski definition) is 2. The van der Waals surface area contributed by atoms with Crippen molar-refractivity contribution in [1.82, 2.24) is 0 Å². The zero-order valence-electron chi connectivity index (χ0n) is 19.1. The lowest BCUT2D eigenvalue weighted by Crippen LogP contribution is -2.12. The second-order valence-corrected chi connectivity index (χ2v) is 7.19. The smallest absolute Gasteiger partial charge is 0.248 e. The van der Waals surface area contributed by atoms with Crippen molar-refractivity contribution in [3.8, 4) is 0 Å². The summed E-state index contributed by atoms with van der Waals surface area (Å²) in [6, 6.07) is 14.5. The summed E-state index contributed by atoms with van der Waals surface area (Å²) < 4.78 is 0. The molecule has 0 aliphatic carbocycles. The van der Waals surface area contributed by atoms with Gasteiger partial charge in [-0.3, -0.25) is 9.79 Å². The first-order chi connectivity index (χ1) is 13.8. The number of carbonyl (C=O) groups excluding carboxylic acids is 1. The Morgan fingerprint density at radius 1 is 0.966 bits per heavy atom. The van der Waals surface area contributed by atoms with E-state index in [4.69, 9.17) is 10.7 Å². The highest BCUT2D eigenvalue weighted by molar-refractivity contribution is 5.94. The first-order valence-electron chi connectivity index (χ1n) is 10.5. The van der Waals surface area contributed by atoms with Crippen molar-refractivity contribution in [3.05, 3.63) is 76.0 Å². The van der Waals surface area contributed by atoms with Crippen molar-refractivity contribution in [1.29, 1.82) is 0 Å². The van der Waals surface area contributed by atoms with Gasteiger partial charge in [0.1, 0.15) is 0 Å². The molecule has 2 rings (SSSR count). The molecule has 2 aromatic rings. The minimum atomic E-state index is -0.392. The predicted molar refractivity (Wildman–Crippen MR) is 127 cm³/mol. The van der Waals surface area contributed by atoms with Gasteiger partial charge in [-0.25, -0.2) is 0 Å². The van der Waals surface area contributed by atoms with Gasteiger partial charge in [-0.05, 0) is 68.0 Å². The molecule has 2 N–H and O–H groups in total. The molecule has 0 spiro atoms. The maximum atomic E-state index is 11.4. The molecule has 0 aliphatic rings. The van der Waals surface area contributed by atoms with Gasteiger partial charge in [0.25, 0.3) is 0 Å². The molecule has 0 saturated carbocycles. The average molecular weight is 393 g/mol. The number of hydrogen-bond donors (Lipinski definition) is 1. The van der Waals surface area contributed by atoms with E-state index in [0.717, 1.165) is 41.0 Å². The number of carbonyl (C=O) groups is 1. The van der Waals surface area contributed by atoms with Crippen molar-refractivity contribution in [2.24, 2.45) is 10.7 Å². The topological polar surface area (TPSA) is 55.4 Å². The fourth-order valence-electron chi connectivity index (χ4n) is 3.20. The third-order valence-corrected chi connectivity index (χ3v) is 4.85. The van der Waals surface area contributed by atoms with E-state index in [1.165, 1.54) is 17.5 Å². The Kier molecular flexibility index (Phi) is 10.1. The summed E-state index contributed by atoms with van der Waals surface area (Å²) >= 11 is 0. The van der Waals surface area contributed by atoms with Gasteiger partial charge < -0.3 is 5.73 Å². The number of nitrogens with zero attached hydrogens (tertiary/aromatic N) is 1. The number of nitrogens with two attached hydrogens (primary N) is 1. The van der Waals surface area contributed by atoms with Gasteiger partial charge >= 0.3 is 0 Å². The van der Waals surface area contributed by atoms with Crippen molar-refractivity contribution in [3.63, 3.8) is 0 Å². The summed E-state index contributed by atoms with van der Waals surface area (Å²) in [5.74, 6) is -0.392. The van der Waals surface area contributed by atoms with Crippen LogP contribution < -0.4 is 5.73 Å². The lowest BCUT2D eigenvalue weighted by molar-refractivity contribution is 0.0999. The molecule has 156 valence electrons. The largest absolute Gasteiger partial charge is 0.366 e. The monoisotopic (exact) mass is 392 g/mol. The van der Waals surface area contributed by atoms with Gasteiger partial charge in [0.05, 0.1) is 0 Å². The van der Waals surface area contributed by atoms with Crippen LogP contribution in [-0.2, 0) is 12.8 Å². The summed E-state index contributed by atoms with van der Waals surface area (Å²) in [4.78, 5) is 16.2. The van der Waals surface area contributed by atoms with Crippen molar-refractivity contribution in [2.45, 2.75) is 67.7 Å². The van der Waals surface area contributed by atoms with Gasteiger partial charge in [0.15, 0.2) is 0 Å². The molecule has 0 heterocycles. The average Bonchev–Trinajstić information content (AvgIpc) is 2.70. The molecule has 0 aromatic heterocycles. The van der Waals surface area contributed by atoms with Gasteiger partial charge in [-0.1, -0.05) is 63.6 Å². The minimum absolute atomic E-state index is 0.392. The molecular weight excluding hydrogens is 356 g/mol.